The van der Waals surface area contributed by atoms with Gasteiger partial charge in [-0.15, -0.1) is 0 Å². The number of rotatable bonds is 5. The summed E-state index contributed by atoms with van der Waals surface area (Å²) in [6.45, 7) is 0.364. The van der Waals surface area contributed by atoms with Crippen molar-refractivity contribution in [3.63, 3.8) is 0 Å². The van der Waals surface area contributed by atoms with Crippen molar-refractivity contribution in [2.75, 3.05) is 0 Å². The number of nitrogens with zero attached hydrogens (tertiary/aromatic N) is 2. The molecule has 1 fully saturated rings. The second-order valence-corrected chi connectivity index (χ2v) is 6.39. The summed E-state index contributed by atoms with van der Waals surface area (Å²) < 4.78 is 0. The largest absolute Gasteiger partial charge is 0.366 e. The van der Waals surface area contributed by atoms with Gasteiger partial charge >= 0.3 is 5.69 Å². The average Bonchev–Trinajstić information content (AvgIpc) is 3.39. The van der Waals surface area contributed by atoms with Gasteiger partial charge in [0.2, 0.25) is 5.91 Å². The highest BCUT2D eigenvalue weighted by molar-refractivity contribution is 6.04. The van der Waals surface area contributed by atoms with Crippen molar-refractivity contribution in [3.05, 3.63) is 63.7 Å². The molecule has 0 atom stereocenters. The van der Waals surface area contributed by atoms with Crippen LogP contribution in [0.5, 0.6) is 0 Å². The molecule has 2 aromatic heterocycles. The van der Waals surface area contributed by atoms with Crippen LogP contribution in [0.3, 0.4) is 0 Å². The molecule has 0 spiro atoms. The first-order valence-corrected chi connectivity index (χ1v) is 8.29. The lowest BCUT2D eigenvalue weighted by molar-refractivity contribution is 0.0731. The summed E-state index contributed by atoms with van der Waals surface area (Å²) in [6, 6.07) is 8.70. The summed E-state index contributed by atoms with van der Waals surface area (Å²) in [5.41, 5.74) is 7.32. The van der Waals surface area contributed by atoms with Crippen LogP contribution in [0.15, 0.2) is 41.3 Å². The summed E-state index contributed by atoms with van der Waals surface area (Å²) in [5.74, 6) is -0.684. The number of primary amides is 1. The zero-order valence-corrected chi connectivity index (χ0v) is 13.9. The third-order valence-corrected chi connectivity index (χ3v) is 4.46. The minimum atomic E-state index is -0.503. The monoisotopic (exact) mass is 351 g/mol. The van der Waals surface area contributed by atoms with Gasteiger partial charge in [-0.1, -0.05) is 12.1 Å². The van der Waals surface area contributed by atoms with Gasteiger partial charge in [-0.25, -0.2) is 9.78 Å². The van der Waals surface area contributed by atoms with Crippen molar-refractivity contribution < 1.29 is 9.59 Å². The van der Waals surface area contributed by atoms with E-state index in [0.29, 0.717) is 28.8 Å². The Hall–Kier alpha value is -3.42. The summed E-state index contributed by atoms with van der Waals surface area (Å²) in [4.78, 5) is 47.1. The highest BCUT2D eigenvalue weighted by atomic mass is 16.2. The minimum absolute atomic E-state index is 0.147. The van der Waals surface area contributed by atoms with Crippen LogP contribution in [0.1, 0.15) is 39.1 Å². The van der Waals surface area contributed by atoms with Crippen molar-refractivity contribution in [1.29, 1.82) is 0 Å². The van der Waals surface area contributed by atoms with Crippen LogP contribution in [0, 0.1) is 0 Å². The number of nitrogens with one attached hydrogen (secondary N) is 2. The summed E-state index contributed by atoms with van der Waals surface area (Å²) >= 11 is 0. The Balaban J connectivity index is 1.68. The van der Waals surface area contributed by atoms with Crippen LogP contribution in [0.25, 0.3) is 11.2 Å². The van der Waals surface area contributed by atoms with E-state index >= 15 is 0 Å². The van der Waals surface area contributed by atoms with Crippen LogP contribution >= 0.6 is 0 Å². The Kier molecular flexibility index (Phi) is 3.80. The SMILES string of the molecule is NC(=O)c1cccc(CN(C(=O)c2ccnc3[nH]c(=O)[nH]c23)C2CC2)c1. The molecule has 8 heteroatoms. The van der Waals surface area contributed by atoms with Gasteiger partial charge in [-0.3, -0.25) is 14.6 Å². The number of amides is 2. The van der Waals surface area contributed by atoms with Crippen LogP contribution < -0.4 is 11.4 Å². The Bertz CT molecular complexity index is 1060. The normalized spacial score (nSPS) is 13.7. The second kappa shape index (κ2) is 6.14. The molecule has 8 nitrogen and oxygen atoms in total. The number of hydrogen-bond donors (Lipinski definition) is 3. The number of pyridine rings is 1. The molecule has 0 aliphatic heterocycles. The maximum Gasteiger partial charge on any atom is 0.325 e. The van der Waals surface area contributed by atoms with Crippen LogP contribution in [0.4, 0.5) is 0 Å². The van der Waals surface area contributed by atoms with E-state index in [9.17, 15) is 14.4 Å². The number of nitrogens with two attached hydrogens (primary N) is 1. The van der Waals surface area contributed by atoms with E-state index in [0.717, 1.165) is 18.4 Å². The van der Waals surface area contributed by atoms with Crippen molar-refractivity contribution in [2.45, 2.75) is 25.4 Å². The van der Waals surface area contributed by atoms with Crippen molar-refractivity contribution in [3.8, 4) is 0 Å². The first-order chi connectivity index (χ1) is 12.5. The van der Waals surface area contributed by atoms with E-state index in [1.165, 1.54) is 6.20 Å². The number of aromatic amines is 2. The molecule has 26 heavy (non-hydrogen) atoms. The number of imidazole rings is 1. The molecule has 1 saturated carbocycles. The van der Waals surface area contributed by atoms with E-state index < -0.39 is 11.6 Å². The van der Waals surface area contributed by atoms with E-state index in [1.807, 2.05) is 6.07 Å². The lowest BCUT2D eigenvalue weighted by atomic mass is 10.1. The molecule has 4 rings (SSSR count). The van der Waals surface area contributed by atoms with Gasteiger partial charge in [0.15, 0.2) is 5.65 Å². The maximum atomic E-state index is 13.1. The van der Waals surface area contributed by atoms with Gasteiger partial charge in [0.05, 0.1) is 11.1 Å². The molecule has 2 heterocycles. The molecule has 0 bridgehead atoms. The maximum absolute atomic E-state index is 13.1. The summed E-state index contributed by atoms with van der Waals surface area (Å²) in [6.07, 6.45) is 3.36. The third-order valence-electron chi connectivity index (χ3n) is 4.46. The number of carbonyl (C=O) groups is 2. The van der Waals surface area contributed by atoms with Crippen LogP contribution in [-0.2, 0) is 6.54 Å². The third kappa shape index (κ3) is 2.97. The standard InChI is InChI=1S/C18H17N5O3/c19-15(24)11-3-1-2-10(8-11)9-23(12-4-5-12)17(25)13-6-7-20-16-14(13)21-18(26)22-16/h1-3,6-8,12H,4-5,9H2,(H2,19,24)(H2,20,21,22,26). The fraction of sp³-hybridized carbons (Fsp3) is 0.222. The van der Waals surface area contributed by atoms with E-state index in [4.69, 9.17) is 5.73 Å². The zero-order chi connectivity index (χ0) is 18.3. The lowest BCUT2D eigenvalue weighted by Gasteiger charge is -2.23. The molecule has 4 N–H and O–H groups in total. The van der Waals surface area contributed by atoms with E-state index in [1.54, 1.807) is 29.2 Å². The number of aromatic nitrogens is 3. The van der Waals surface area contributed by atoms with Gasteiger partial charge in [0, 0.05) is 24.3 Å². The molecule has 132 valence electrons. The fourth-order valence-electron chi connectivity index (χ4n) is 3.04. The van der Waals surface area contributed by atoms with Crippen molar-refractivity contribution >= 4 is 23.0 Å². The highest BCUT2D eigenvalue weighted by Crippen LogP contribution is 2.30. The Labute approximate surface area is 148 Å². The molecular weight excluding hydrogens is 334 g/mol. The lowest BCUT2D eigenvalue weighted by Crippen LogP contribution is -2.33. The van der Waals surface area contributed by atoms with Gasteiger partial charge in [-0.2, -0.15) is 0 Å². The van der Waals surface area contributed by atoms with Crippen LogP contribution in [0.2, 0.25) is 0 Å². The molecule has 0 saturated heterocycles. The van der Waals surface area contributed by atoms with Crippen LogP contribution in [-0.4, -0.2) is 37.7 Å². The van der Waals surface area contributed by atoms with Gasteiger partial charge < -0.3 is 15.6 Å². The number of H-pyrrole nitrogens is 2. The number of carbonyl (C=O) groups excluding carboxylic acids is 2. The molecule has 2 amide bonds. The van der Waals surface area contributed by atoms with Crippen molar-refractivity contribution in [1.82, 2.24) is 19.9 Å². The van der Waals surface area contributed by atoms with Gasteiger partial charge in [0.1, 0.15) is 0 Å². The highest BCUT2D eigenvalue weighted by Gasteiger charge is 2.34. The number of hydrogen-bond acceptors (Lipinski definition) is 4. The van der Waals surface area contributed by atoms with E-state index in [2.05, 4.69) is 15.0 Å². The average molecular weight is 351 g/mol. The van der Waals surface area contributed by atoms with Gasteiger partial charge in [0.25, 0.3) is 5.91 Å². The molecular formula is C18H17N5O3. The summed E-state index contributed by atoms with van der Waals surface area (Å²) in [5, 5.41) is 0. The van der Waals surface area contributed by atoms with Crippen molar-refractivity contribution in [2.24, 2.45) is 5.73 Å². The second-order valence-electron chi connectivity index (χ2n) is 6.39. The quantitative estimate of drug-likeness (QED) is 0.637. The molecule has 1 aliphatic carbocycles. The molecule has 3 aromatic rings. The summed E-state index contributed by atoms with van der Waals surface area (Å²) in [7, 11) is 0. The predicted molar refractivity (Wildman–Crippen MR) is 94.6 cm³/mol. The molecule has 1 aromatic carbocycles. The minimum Gasteiger partial charge on any atom is -0.366 e. The fourth-order valence-corrected chi connectivity index (χ4v) is 3.04. The Morgan fingerprint density at radius 1 is 1.23 bits per heavy atom. The first kappa shape index (κ1) is 16.1. The predicted octanol–water partition coefficient (Wildman–Crippen LogP) is 1.15. The van der Waals surface area contributed by atoms with E-state index in [-0.39, 0.29) is 11.9 Å². The number of fused-ring (bicyclic) bond motifs is 1. The Morgan fingerprint density at radius 2 is 2.04 bits per heavy atom. The molecule has 0 radical (unpaired) electrons. The molecule has 1 aliphatic rings. The smallest absolute Gasteiger partial charge is 0.325 e. The Morgan fingerprint density at radius 3 is 2.77 bits per heavy atom. The molecule has 0 unspecified atom stereocenters. The zero-order valence-electron chi connectivity index (χ0n) is 13.9. The first-order valence-electron chi connectivity index (χ1n) is 8.29. The topological polar surface area (TPSA) is 125 Å². The number of benzene rings is 1. The van der Waals surface area contributed by atoms with Gasteiger partial charge in [-0.05, 0) is 36.6 Å².